The molecule has 1 aliphatic rings. The fourth-order valence-electron chi connectivity index (χ4n) is 3.40. The van der Waals surface area contributed by atoms with E-state index in [0.717, 1.165) is 42.0 Å². The molecule has 156 valence electrons. The maximum Gasteiger partial charge on any atom is 0.323 e. The first-order valence-corrected chi connectivity index (χ1v) is 10.2. The number of benzene rings is 2. The molecule has 6 nitrogen and oxygen atoms in total. The molecule has 2 aromatic carbocycles. The van der Waals surface area contributed by atoms with Gasteiger partial charge in [-0.05, 0) is 63.1 Å². The molecule has 3 aromatic rings. The second kappa shape index (κ2) is 9.13. The SMILES string of the molecule is Cc1ccc(-c2nc(COc3cccc(COC(=O)C4CCCN4)c3)c(C)o2)cc1. The minimum Gasteiger partial charge on any atom is -0.487 e. The van der Waals surface area contributed by atoms with Crippen LogP contribution in [-0.2, 0) is 22.7 Å². The number of rotatable bonds is 7. The average Bonchev–Trinajstić information content (AvgIpc) is 3.42. The van der Waals surface area contributed by atoms with Crippen LogP contribution < -0.4 is 10.1 Å². The summed E-state index contributed by atoms with van der Waals surface area (Å²) in [5.41, 5.74) is 3.77. The number of nitrogens with one attached hydrogen (secondary N) is 1. The zero-order chi connectivity index (χ0) is 20.9. The van der Waals surface area contributed by atoms with Gasteiger partial charge in [-0.2, -0.15) is 0 Å². The molecule has 1 aliphatic heterocycles. The van der Waals surface area contributed by atoms with Gasteiger partial charge >= 0.3 is 5.97 Å². The zero-order valence-corrected chi connectivity index (χ0v) is 17.3. The molecule has 1 atom stereocenters. The second-order valence-electron chi connectivity index (χ2n) is 7.58. The van der Waals surface area contributed by atoms with Crippen molar-refractivity contribution in [2.24, 2.45) is 0 Å². The van der Waals surface area contributed by atoms with Crippen LogP contribution in [0.2, 0.25) is 0 Å². The van der Waals surface area contributed by atoms with Crippen molar-refractivity contribution in [2.75, 3.05) is 6.54 Å². The van der Waals surface area contributed by atoms with E-state index in [1.807, 2.05) is 62.4 Å². The fourth-order valence-corrected chi connectivity index (χ4v) is 3.40. The van der Waals surface area contributed by atoms with Crippen molar-refractivity contribution in [1.82, 2.24) is 10.3 Å². The first-order chi connectivity index (χ1) is 14.6. The van der Waals surface area contributed by atoms with Gasteiger partial charge in [0.15, 0.2) is 0 Å². The minimum absolute atomic E-state index is 0.178. The number of ether oxygens (including phenoxy) is 2. The molecule has 1 N–H and O–H groups in total. The molecule has 0 radical (unpaired) electrons. The summed E-state index contributed by atoms with van der Waals surface area (Å²) in [5.74, 6) is 1.83. The molecule has 6 heteroatoms. The third-order valence-corrected chi connectivity index (χ3v) is 5.19. The van der Waals surface area contributed by atoms with Crippen molar-refractivity contribution >= 4 is 5.97 Å². The van der Waals surface area contributed by atoms with E-state index < -0.39 is 0 Å². The molecule has 0 spiro atoms. The Morgan fingerprint density at radius 1 is 1.17 bits per heavy atom. The number of aryl methyl sites for hydroxylation is 2. The van der Waals surface area contributed by atoms with Crippen LogP contribution >= 0.6 is 0 Å². The van der Waals surface area contributed by atoms with Gasteiger partial charge in [-0.25, -0.2) is 4.98 Å². The normalized spacial score (nSPS) is 15.9. The highest BCUT2D eigenvalue weighted by Crippen LogP contribution is 2.23. The van der Waals surface area contributed by atoms with Gasteiger partial charge in [0.25, 0.3) is 0 Å². The van der Waals surface area contributed by atoms with E-state index in [0.29, 0.717) is 18.2 Å². The first kappa shape index (κ1) is 20.2. The van der Waals surface area contributed by atoms with Crippen LogP contribution in [0.5, 0.6) is 5.75 Å². The van der Waals surface area contributed by atoms with Gasteiger partial charge in [0, 0.05) is 5.56 Å². The number of nitrogens with zero attached hydrogens (tertiary/aromatic N) is 1. The largest absolute Gasteiger partial charge is 0.487 e. The Labute approximate surface area is 176 Å². The number of hydrogen-bond donors (Lipinski definition) is 1. The van der Waals surface area contributed by atoms with E-state index in [4.69, 9.17) is 13.9 Å². The topological polar surface area (TPSA) is 73.6 Å². The number of hydrogen-bond acceptors (Lipinski definition) is 6. The van der Waals surface area contributed by atoms with E-state index >= 15 is 0 Å². The molecule has 1 aromatic heterocycles. The van der Waals surface area contributed by atoms with E-state index in [-0.39, 0.29) is 18.6 Å². The van der Waals surface area contributed by atoms with Crippen molar-refractivity contribution < 1.29 is 18.7 Å². The van der Waals surface area contributed by atoms with Gasteiger partial charge in [-0.15, -0.1) is 0 Å². The highest BCUT2D eigenvalue weighted by atomic mass is 16.5. The van der Waals surface area contributed by atoms with Crippen molar-refractivity contribution in [3.05, 3.63) is 71.1 Å². The molecular formula is C24H26N2O4. The minimum atomic E-state index is -0.194. The van der Waals surface area contributed by atoms with Crippen molar-refractivity contribution in [1.29, 1.82) is 0 Å². The molecular weight excluding hydrogens is 380 g/mol. The summed E-state index contributed by atoms with van der Waals surface area (Å²) < 4.78 is 17.2. The van der Waals surface area contributed by atoms with Crippen LogP contribution in [-0.4, -0.2) is 23.5 Å². The molecule has 30 heavy (non-hydrogen) atoms. The Kier molecular flexibility index (Phi) is 6.14. The molecule has 2 heterocycles. The van der Waals surface area contributed by atoms with Gasteiger partial charge in [-0.1, -0.05) is 29.8 Å². The number of carbonyl (C=O) groups excluding carboxylic acids is 1. The van der Waals surface area contributed by atoms with E-state index in [2.05, 4.69) is 10.3 Å². The Morgan fingerprint density at radius 2 is 2.00 bits per heavy atom. The maximum absolute atomic E-state index is 12.1. The summed E-state index contributed by atoms with van der Waals surface area (Å²) in [6, 6.07) is 15.4. The van der Waals surface area contributed by atoms with Gasteiger partial charge < -0.3 is 19.2 Å². The van der Waals surface area contributed by atoms with Crippen LogP contribution in [0, 0.1) is 13.8 Å². The lowest BCUT2D eigenvalue weighted by molar-refractivity contribution is -0.147. The highest BCUT2D eigenvalue weighted by Gasteiger charge is 2.23. The lowest BCUT2D eigenvalue weighted by Gasteiger charge is -2.11. The molecule has 1 fully saturated rings. The number of aromatic nitrogens is 1. The van der Waals surface area contributed by atoms with Crippen LogP contribution in [0.1, 0.15) is 35.4 Å². The van der Waals surface area contributed by atoms with E-state index in [9.17, 15) is 4.79 Å². The predicted octanol–water partition coefficient (Wildman–Crippen LogP) is 4.33. The van der Waals surface area contributed by atoms with E-state index in [1.165, 1.54) is 5.56 Å². The third kappa shape index (κ3) is 4.89. The maximum atomic E-state index is 12.1. The quantitative estimate of drug-likeness (QED) is 0.589. The highest BCUT2D eigenvalue weighted by molar-refractivity contribution is 5.76. The molecule has 1 saturated heterocycles. The summed E-state index contributed by atoms with van der Waals surface area (Å²) >= 11 is 0. The van der Waals surface area contributed by atoms with Crippen LogP contribution in [0.3, 0.4) is 0 Å². The number of carbonyl (C=O) groups is 1. The number of esters is 1. The fraction of sp³-hybridized carbons (Fsp3) is 0.333. The standard InChI is InChI=1S/C24H26N2O4/c1-16-8-10-19(11-9-16)23-26-22(17(2)30-23)15-28-20-6-3-5-18(13-20)14-29-24(27)21-7-4-12-25-21/h3,5-6,8-11,13,21,25H,4,7,12,14-15H2,1-2H3. The smallest absolute Gasteiger partial charge is 0.323 e. The van der Waals surface area contributed by atoms with E-state index in [1.54, 1.807) is 0 Å². The molecule has 4 rings (SSSR count). The third-order valence-electron chi connectivity index (χ3n) is 5.19. The molecule has 0 aliphatic carbocycles. The average molecular weight is 406 g/mol. The van der Waals surface area contributed by atoms with Gasteiger partial charge in [0.05, 0.1) is 0 Å². The molecule has 0 bridgehead atoms. The summed E-state index contributed by atoms with van der Waals surface area (Å²) in [4.78, 5) is 16.6. The first-order valence-electron chi connectivity index (χ1n) is 10.2. The van der Waals surface area contributed by atoms with Gasteiger partial charge in [-0.3, -0.25) is 4.79 Å². The van der Waals surface area contributed by atoms with Crippen LogP contribution in [0.15, 0.2) is 52.9 Å². The van der Waals surface area contributed by atoms with Crippen molar-refractivity contribution in [2.45, 2.75) is 45.9 Å². The lowest BCUT2D eigenvalue weighted by Crippen LogP contribution is -2.32. The summed E-state index contributed by atoms with van der Waals surface area (Å²) in [6.45, 7) is 5.34. The Bertz CT molecular complexity index is 1000. The molecule has 1 unspecified atom stereocenters. The van der Waals surface area contributed by atoms with Gasteiger partial charge in [0.2, 0.25) is 5.89 Å². The molecule has 0 saturated carbocycles. The van der Waals surface area contributed by atoms with Gasteiger partial charge in [0.1, 0.15) is 36.5 Å². The zero-order valence-electron chi connectivity index (χ0n) is 17.3. The van der Waals surface area contributed by atoms with Crippen molar-refractivity contribution in [3.8, 4) is 17.2 Å². The predicted molar refractivity (Wildman–Crippen MR) is 113 cm³/mol. The number of oxazole rings is 1. The summed E-state index contributed by atoms with van der Waals surface area (Å²) in [6.07, 6.45) is 1.85. The van der Waals surface area contributed by atoms with Crippen LogP contribution in [0.4, 0.5) is 0 Å². The van der Waals surface area contributed by atoms with Crippen LogP contribution in [0.25, 0.3) is 11.5 Å². The summed E-state index contributed by atoms with van der Waals surface area (Å²) in [5, 5.41) is 3.15. The monoisotopic (exact) mass is 406 g/mol. The molecule has 0 amide bonds. The van der Waals surface area contributed by atoms with Crippen molar-refractivity contribution in [3.63, 3.8) is 0 Å². The summed E-state index contributed by atoms with van der Waals surface area (Å²) in [7, 11) is 0. The lowest BCUT2D eigenvalue weighted by atomic mass is 10.1. The Balaban J connectivity index is 1.35. The Hall–Kier alpha value is -3.12. The second-order valence-corrected chi connectivity index (χ2v) is 7.58. The Morgan fingerprint density at radius 3 is 2.77 bits per heavy atom.